The molecule has 0 aromatic heterocycles. The van der Waals surface area contributed by atoms with Crippen LogP contribution in [0.1, 0.15) is 0 Å². The van der Waals surface area contributed by atoms with E-state index in [-0.39, 0.29) is 0 Å². The van der Waals surface area contributed by atoms with Gasteiger partial charge in [-0.2, -0.15) is 0 Å². The second-order valence-corrected chi connectivity index (χ2v) is 2.14. The Morgan fingerprint density at radius 2 is 1.40 bits per heavy atom. The van der Waals surface area contributed by atoms with Crippen molar-refractivity contribution in [2.45, 2.75) is 0 Å². The van der Waals surface area contributed by atoms with Crippen LogP contribution in [0.25, 0.3) is 0 Å². The summed E-state index contributed by atoms with van der Waals surface area (Å²) in [7, 11) is 7.22. The van der Waals surface area contributed by atoms with Crippen molar-refractivity contribution in [1.82, 2.24) is 0 Å². The van der Waals surface area contributed by atoms with Gasteiger partial charge in [-0.25, -0.2) is 0 Å². The minimum absolute atomic E-state index is 1.14. The third-order valence-corrected chi connectivity index (χ3v) is 1.30. The molecule has 0 aromatic rings. The molecule has 22 valence electrons. The molecule has 3 heteroatoms. The van der Waals surface area contributed by atoms with E-state index in [4.69, 9.17) is 0 Å². The number of hydrogen-bond donors (Lipinski definition) is 0. The van der Waals surface area contributed by atoms with E-state index in [1.54, 1.807) is 11.8 Å². The van der Waals surface area contributed by atoms with Gasteiger partial charge in [0, 0.05) is 0 Å². The van der Waals surface area contributed by atoms with Crippen LogP contribution in [0, 0.1) is 0 Å². The molecular weight excluding hydrogens is 77.7 g/mol. The first-order chi connectivity index (χ1) is 2.30. The van der Waals surface area contributed by atoms with E-state index in [0.717, 1.165) is 9.59 Å². The molecule has 0 saturated carbocycles. The summed E-state index contributed by atoms with van der Waals surface area (Å²) < 4.78 is 0. The van der Waals surface area contributed by atoms with Crippen molar-refractivity contribution in [1.29, 1.82) is 0 Å². The van der Waals surface area contributed by atoms with Crippen LogP contribution in [-0.4, -0.2) is 24.6 Å². The van der Waals surface area contributed by atoms with E-state index in [0.29, 0.717) is 0 Å². The SMILES string of the molecule is B=C1SC1=B. The Balaban J connectivity index is 2.81. The van der Waals surface area contributed by atoms with Gasteiger partial charge in [0.05, 0.1) is 0 Å². The Bertz CT molecular complexity index is 83.8. The van der Waals surface area contributed by atoms with E-state index in [2.05, 4.69) is 15.0 Å². The van der Waals surface area contributed by atoms with Gasteiger partial charge in [-0.05, 0) is 0 Å². The fraction of sp³-hybridized carbons (Fsp3) is 0. The first-order valence-electron chi connectivity index (χ1n) is 1.37. The first-order valence-corrected chi connectivity index (χ1v) is 2.18. The molecular formula is C2H2B2S. The van der Waals surface area contributed by atoms with E-state index < -0.39 is 0 Å². The van der Waals surface area contributed by atoms with Crippen LogP contribution in [0.3, 0.4) is 0 Å². The van der Waals surface area contributed by atoms with Gasteiger partial charge in [0.25, 0.3) is 0 Å². The van der Waals surface area contributed by atoms with Crippen molar-refractivity contribution in [2.24, 2.45) is 0 Å². The second-order valence-electron chi connectivity index (χ2n) is 0.948. The van der Waals surface area contributed by atoms with Gasteiger partial charge in [0.2, 0.25) is 0 Å². The Morgan fingerprint density at radius 1 is 1.20 bits per heavy atom. The molecule has 5 heavy (non-hydrogen) atoms. The number of hydrogen-bond acceptors (Lipinski definition) is 1. The predicted octanol–water partition coefficient (Wildman–Crippen LogP) is -1.21. The van der Waals surface area contributed by atoms with Crippen LogP contribution in [0.2, 0.25) is 0 Å². The van der Waals surface area contributed by atoms with Gasteiger partial charge in [0.1, 0.15) is 0 Å². The average Bonchev–Trinajstić information content (AvgIpc) is 1.79. The van der Waals surface area contributed by atoms with Crippen LogP contribution in [0.15, 0.2) is 0 Å². The monoisotopic (exact) mass is 80.0 g/mol. The summed E-state index contributed by atoms with van der Waals surface area (Å²) in [4.78, 5) is 2.29. The van der Waals surface area contributed by atoms with Crippen molar-refractivity contribution in [2.75, 3.05) is 0 Å². The van der Waals surface area contributed by atoms with Crippen molar-refractivity contribution in [3.8, 4) is 0 Å². The van der Waals surface area contributed by atoms with E-state index in [9.17, 15) is 0 Å². The summed E-state index contributed by atoms with van der Waals surface area (Å²) in [6.45, 7) is 0. The van der Waals surface area contributed by atoms with E-state index >= 15 is 0 Å². The molecule has 0 atom stereocenters. The number of rotatable bonds is 0. The van der Waals surface area contributed by atoms with Gasteiger partial charge in [-0.15, -0.1) is 0 Å². The molecule has 1 aliphatic heterocycles. The Kier molecular flexibility index (Phi) is 0.573. The quantitative estimate of drug-likeness (QED) is 0.260. The van der Waals surface area contributed by atoms with Crippen molar-refractivity contribution in [3.05, 3.63) is 0 Å². The minimum atomic E-state index is 1.14. The van der Waals surface area contributed by atoms with Gasteiger partial charge in [-0.3, -0.25) is 0 Å². The topological polar surface area (TPSA) is 0 Å². The average molecular weight is 79.7 g/mol. The molecule has 0 aromatic carbocycles. The molecule has 1 aliphatic rings. The zero-order chi connectivity index (χ0) is 3.86. The normalized spacial score (nSPS) is 19.6. The molecule has 0 N–H and O–H groups in total. The molecule has 0 bridgehead atoms. The van der Waals surface area contributed by atoms with Gasteiger partial charge < -0.3 is 0 Å². The van der Waals surface area contributed by atoms with Crippen LogP contribution in [0.5, 0.6) is 0 Å². The first kappa shape index (κ1) is 3.41. The molecule has 1 fully saturated rings. The Morgan fingerprint density at radius 3 is 1.40 bits per heavy atom. The van der Waals surface area contributed by atoms with Gasteiger partial charge in [-0.1, -0.05) is 0 Å². The summed E-state index contributed by atoms with van der Waals surface area (Å²) in [5.41, 5.74) is 0. The van der Waals surface area contributed by atoms with Crippen LogP contribution < -0.4 is 0 Å². The molecule has 0 aliphatic carbocycles. The van der Waals surface area contributed by atoms with Crippen LogP contribution in [0.4, 0.5) is 0 Å². The standard InChI is InChI=1S/C2H2B2S/c3-1-2(4)5-1/h3-4H. The second kappa shape index (κ2) is 0.839. The maximum atomic E-state index is 3.61. The van der Waals surface area contributed by atoms with Crippen molar-refractivity contribution >= 4 is 36.3 Å². The van der Waals surface area contributed by atoms with Crippen LogP contribution in [-0.2, 0) is 0 Å². The maximum absolute atomic E-state index is 3.61. The third-order valence-electron chi connectivity index (χ3n) is 0.516. The van der Waals surface area contributed by atoms with Crippen molar-refractivity contribution in [3.63, 3.8) is 0 Å². The molecule has 0 radical (unpaired) electrons. The molecule has 0 spiro atoms. The fourth-order valence-corrected chi connectivity index (χ4v) is 0.370. The number of thioether (sulfide) groups is 1. The van der Waals surface area contributed by atoms with E-state index in [1.807, 2.05) is 0 Å². The summed E-state index contributed by atoms with van der Waals surface area (Å²) in [6.07, 6.45) is 0. The zero-order valence-corrected chi connectivity index (χ0v) is 3.64. The zero-order valence-electron chi connectivity index (χ0n) is 2.82. The third kappa shape index (κ3) is 0.538. The van der Waals surface area contributed by atoms with Crippen LogP contribution >= 0.6 is 11.8 Å². The molecule has 0 nitrogen and oxygen atoms in total. The Hall–Kier alpha value is 0.220. The Labute approximate surface area is 37.1 Å². The summed E-state index contributed by atoms with van der Waals surface area (Å²) in [6, 6.07) is 0. The molecule has 0 unspecified atom stereocenters. The van der Waals surface area contributed by atoms with Crippen molar-refractivity contribution < 1.29 is 0 Å². The molecule has 1 rings (SSSR count). The summed E-state index contributed by atoms with van der Waals surface area (Å²) in [5, 5.41) is 0. The molecule has 1 saturated heterocycles. The summed E-state index contributed by atoms with van der Waals surface area (Å²) in [5.74, 6) is 0. The van der Waals surface area contributed by atoms with E-state index in [1.165, 1.54) is 0 Å². The summed E-state index contributed by atoms with van der Waals surface area (Å²) >= 11 is 1.66. The van der Waals surface area contributed by atoms with Gasteiger partial charge in [0.15, 0.2) is 0 Å². The molecule has 0 amide bonds. The predicted molar refractivity (Wildman–Crippen MR) is 31.9 cm³/mol. The molecule has 1 heterocycles. The van der Waals surface area contributed by atoms with Gasteiger partial charge >= 0.3 is 36.3 Å². The fourth-order valence-electron chi connectivity index (χ4n) is 0.123.